The Labute approximate surface area is 136 Å². The van der Waals surface area contributed by atoms with Gasteiger partial charge >= 0.3 is 0 Å². The first-order valence-electron chi connectivity index (χ1n) is 6.61. The zero-order valence-electron chi connectivity index (χ0n) is 11.6. The maximum absolute atomic E-state index is 12.9. The number of nitrogens with one attached hydrogen (secondary N) is 1. The third kappa shape index (κ3) is 4.98. The molecule has 1 unspecified atom stereocenters. The van der Waals surface area contributed by atoms with Gasteiger partial charge in [0.05, 0.1) is 24.2 Å². The van der Waals surface area contributed by atoms with Crippen molar-refractivity contribution in [2.45, 2.75) is 12.5 Å². The van der Waals surface area contributed by atoms with Gasteiger partial charge in [-0.05, 0) is 40.6 Å². The summed E-state index contributed by atoms with van der Waals surface area (Å²) >= 11 is 7.29. The third-order valence-electron chi connectivity index (χ3n) is 2.90. The summed E-state index contributed by atoms with van der Waals surface area (Å²) in [6.07, 6.45) is -0.605. The molecule has 0 spiro atoms. The molecule has 4 nitrogen and oxygen atoms in total. The number of rotatable bonds is 7. The fraction of sp³-hybridized carbons (Fsp3) is 0.267. The highest BCUT2D eigenvalue weighted by Gasteiger charge is 2.10. The number of thiophene rings is 1. The van der Waals surface area contributed by atoms with Crippen LogP contribution < -0.4 is 10.1 Å². The van der Waals surface area contributed by atoms with Gasteiger partial charge in [-0.15, -0.1) is 0 Å². The first-order chi connectivity index (χ1) is 10.6. The summed E-state index contributed by atoms with van der Waals surface area (Å²) < 4.78 is 18.2. The number of aliphatic hydroxyl groups excluding tert-OH is 1. The Balaban J connectivity index is 1.69. The lowest BCUT2D eigenvalue weighted by atomic mass is 10.2. The first-order valence-corrected chi connectivity index (χ1v) is 7.93. The highest BCUT2D eigenvalue weighted by molar-refractivity contribution is 7.07. The van der Waals surface area contributed by atoms with Crippen molar-refractivity contribution in [2.75, 3.05) is 13.2 Å². The van der Waals surface area contributed by atoms with E-state index in [9.17, 15) is 14.3 Å². The molecule has 1 aromatic heterocycles. The average Bonchev–Trinajstić information content (AvgIpc) is 3.01. The summed E-state index contributed by atoms with van der Waals surface area (Å²) in [5, 5.41) is 16.3. The van der Waals surface area contributed by atoms with Gasteiger partial charge in [-0.2, -0.15) is 11.3 Å². The van der Waals surface area contributed by atoms with Crippen molar-refractivity contribution < 1.29 is 19.0 Å². The van der Waals surface area contributed by atoms with Gasteiger partial charge in [0, 0.05) is 6.54 Å². The molecule has 2 rings (SSSR count). The van der Waals surface area contributed by atoms with Crippen molar-refractivity contribution in [1.29, 1.82) is 0 Å². The van der Waals surface area contributed by atoms with Gasteiger partial charge in [-0.1, -0.05) is 11.6 Å². The van der Waals surface area contributed by atoms with E-state index in [1.165, 1.54) is 23.5 Å². The summed E-state index contributed by atoms with van der Waals surface area (Å²) in [4.78, 5) is 11.7. The standard InChI is InChI=1S/C15H15ClFNO3S/c16-12-7-11(17)1-2-14(12)21-5-3-15(20)18-8-13(19)10-4-6-22-9-10/h1-2,4,6-7,9,13,19H,3,5,8H2,(H,18,20). The number of hydrogen-bond donors (Lipinski definition) is 2. The molecule has 0 bridgehead atoms. The summed E-state index contributed by atoms with van der Waals surface area (Å²) in [5.41, 5.74) is 0.777. The quantitative estimate of drug-likeness (QED) is 0.812. The van der Waals surface area contributed by atoms with Gasteiger partial charge in [-0.3, -0.25) is 4.79 Å². The van der Waals surface area contributed by atoms with E-state index < -0.39 is 11.9 Å². The van der Waals surface area contributed by atoms with E-state index in [2.05, 4.69) is 5.32 Å². The zero-order chi connectivity index (χ0) is 15.9. The van der Waals surface area contributed by atoms with Crippen molar-refractivity contribution in [2.24, 2.45) is 0 Å². The fourth-order valence-corrected chi connectivity index (χ4v) is 2.66. The van der Waals surface area contributed by atoms with E-state index >= 15 is 0 Å². The number of hydrogen-bond acceptors (Lipinski definition) is 4. The monoisotopic (exact) mass is 343 g/mol. The van der Waals surface area contributed by atoms with Crippen LogP contribution in [0.25, 0.3) is 0 Å². The molecule has 2 aromatic rings. The minimum atomic E-state index is -0.720. The molecule has 1 amide bonds. The van der Waals surface area contributed by atoms with E-state index in [4.69, 9.17) is 16.3 Å². The second kappa shape index (κ2) is 8.12. The Morgan fingerprint density at radius 1 is 1.45 bits per heavy atom. The second-order valence-corrected chi connectivity index (χ2v) is 5.74. The molecule has 0 aliphatic heterocycles. The SMILES string of the molecule is O=C(CCOc1ccc(F)cc1Cl)NCC(O)c1ccsc1. The molecule has 1 aromatic carbocycles. The van der Waals surface area contributed by atoms with E-state index in [0.717, 1.165) is 11.6 Å². The Kier molecular flexibility index (Phi) is 6.18. The van der Waals surface area contributed by atoms with Crippen LogP contribution in [0.3, 0.4) is 0 Å². The fourth-order valence-electron chi connectivity index (χ4n) is 1.73. The predicted molar refractivity (Wildman–Crippen MR) is 83.8 cm³/mol. The molecule has 22 heavy (non-hydrogen) atoms. The number of ether oxygens (including phenoxy) is 1. The van der Waals surface area contributed by atoms with Crippen LogP contribution in [0.5, 0.6) is 5.75 Å². The number of carbonyl (C=O) groups is 1. The van der Waals surface area contributed by atoms with Gasteiger partial charge in [0.25, 0.3) is 0 Å². The molecule has 0 fully saturated rings. The van der Waals surface area contributed by atoms with Crippen molar-refractivity contribution in [3.8, 4) is 5.75 Å². The lowest BCUT2D eigenvalue weighted by Gasteiger charge is -2.11. The van der Waals surface area contributed by atoms with Gasteiger partial charge in [0.1, 0.15) is 11.6 Å². The zero-order valence-corrected chi connectivity index (χ0v) is 13.2. The number of halogens is 2. The summed E-state index contributed by atoms with van der Waals surface area (Å²) in [7, 11) is 0. The maximum Gasteiger partial charge on any atom is 0.223 e. The maximum atomic E-state index is 12.9. The molecule has 0 saturated heterocycles. The van der Waals surface area contributed by atoms with Crippen LogP contribution in [-0.4, -0.2) is 24.2 Å². The highest BCUT2D eigenvalue weighted by atomic mass is 35.5. The molecular formula is C15H15ClFNO3S. The van der Waals surface area contributed by atoms with Gasteiger partial charge in [0.2, 0.25) is 5.91 Å². The first kappa shape index (κ1) is 16.7. The van der Waals surface area contributed by atoms with E-state index in [1.807, 2.05) is 10.8 Å². The van der Waals surface area contributed by atoms with Crippen LogP contribution in [-0.2, 0) is 4.79 Å². The molecule has 118 valence electrons. The van der Waals surface area contributed by atoms with E-state index in [-0.39, 0.29) is 30.5 Å². The number of carbonyl (C=O) groups excluding carboxylic acids is 1. The molecule has 0 aliphatic carbocycles. The summed E-state index contributed by atoms with van der Waals surface area (Å²) in [6.45, 7) is 0.263. The largest absolute Gasteiger partial charge is 0.491 e. The van der Waals surface area contributed by atoms with Crippen molar-refractivity contribution in [3.63, 3.8) is 0 Å². The Morgan fingerprint density at radius 2 is 2.27 bits per heavy atom. The van der Waals surface area contributed by atoms with Crippen LogP contribution in [0.4, 0.5) is 4.39 Å². The minimum absolute atomic E-state index is 0.115. The normalized spacial score (nSPS) is 12.0. The number of aliphatic hydroxyl groups is 1. The van der Waals surface area contributed by atoms with Gasteiger partial charge in [-0.25, -0.2) is 4.39 Å². The Morgan fingerprint density at radius 3 is 2.95 bits per heavy atom. The topological polar surface area (TPSA) is 58.6 Å². The van der Waals surface area contributed by atoms with Gasteiger partial charge < -0.3 is 15.2 Å². The number of benzene rings is 1. The number of amides is 1. The van der Waals surface area contributed by atoms with E-state index in [0.29, 0.717) is 5.75 Å². The molecule has 7 heteroatoms. The lowest BCUT2D eigenvalue weighted by Crippen LogP contribution is -2.29. The van der Waals surface area contributed by atoms with Crippen LogP contribution in [0, 0.1) is 5.82 Å². The van der Waals surface area contributed by atoms with E-state index in [1.54, 1.807) is 6.07 Å². The molecule has 1 heterocycles. The van der Waals surface area contributed by atoms with Crippen LogP contribution >= 0.6 is 22.9 Å². The van der Waals surface area contributed by atoms with Crippen LogP contribution in [0.15, 0.2) is 35.0 Å². The second-order valence-electron chi connectivity index (χ2n) is 4.55. The molecule has 0 radical (unpaired) electrons. The molecule has 2 N–H and O–H groups in total. The summed E-state index contributed by atoms with van der Waals surface area (Å²) in [5.74, 6) is -0.362. The summed E-state index contributed by atoms with van der Waals surface area (Å²) in [6, 6.07) is 5.60. The van der Waals surface area contributed by atoms with Crippen LogP contribution in [0.1, 0.15) is 18.1 Å². The molecule has 0 saturated carbocycles. The Hall–Kier alpha value is -1.63. The van der Waals surface area contributed by atoms with Crippen LogP contribution in [0.2, 0.25) is 5.02 Å². The lowest BCUT2D eigenvalue weighted by molar-refractivity contribution is -0.122. The van der Waals surface area contributed by atoms with Crippen molar-refractivity contribution >= 4 is 28.8 Å². The minimum Gasteiger partial charge on any atom is -0.491 e. The predicted octanol–water partition coefficient (Wildman–Crippen LogP) is 3.16. The average molecular weight is 344 g/mol. The van der Waals surface area contributed by atoms with Crippen molar-refractivity contribution in [1.82, 2.24) is 5.32 Å². The highest BCUT2D eigenvalue weighted by Crippen LogP contribution is 2.24. The Bertz CT molecular complexity index is 621. The molecule has 0 aliphatic rings. The third-order valence-corrected chi connectivity index (χ3v) is 3.90. The van der Waals surface area contributed by atoms with Gasteiger partial charge in [0.15, 0.2) is 0 Å². The smallest absolute Gasteiger partial charge is 0.223 e. The molecule has 1 atom stereocenters. The van der Waals surface area contributed by atoms with Crippen molar-refractivity contribution in [3.05, 3.63) is 51.4 Å². The molecular weight excluding hydrogens is 329 g/mol.